The monoisotopic (exact) mass is 359 g/mol. The molecule has 0 unspecified atom stereocenters. The molecule has 26 heavy (non-hydrogen) atoms. The molecule has 0 bridgehead atoms. The molecule has 0 atom stereocenters. The highest BCUT2D eigenvalue weighted by Crippen LogP contribution is 2.29. The van der Waals surface area contributed by atoms with E-state index in [1.807, 2.05) is 11.3 Å². The van der Waals surface area contributed by atoms with Crippen molar-refractivity contribution in [3.05, 3.63) is 76.9 Å². The fourth-order valence-electron chi connectivity index (χ4n) is 3.38. The minimum atomic E-state index is 0.956. The fraction of sp³-hybridized carbons (Fsp3) is 0.174. The van der Waals surface area contributed by atoms with Crippen LogP contribution in [-0.2, 0) is 6.54 Å². The van der Waals surface area contributed by atoms with Gasteiger partial charge in [0.2, 0.25) is 5.52 Å². The largest absolute Gasteiger partial charge is 0.359 e. The number of nitrogens with zero attached hydrogens (tertiary/aromatic N) is 1. The molecule has 0 radical (unpaired) electrons. The lowest BCUT2D eigenvalue weighted by atomic mass is 10.1. The van der Waals surface area contributed by atoms with Gasteiger partial charge in [-0.1, -0.05) is 53.3 Å². The summed E-state index contributed by atoms with van der Waals surface area (Å²) >= 11 is 1.85. The van der Waals surface area contributed by atoms with Crippen LogP contribution in [0.3, 0.4) is 0 Å². The van der Waals surface area contributed by atoms with E-state index in [1.165, 1.54) is 31.6 Å². The van der Waals surface area contributed by atoms with Crippen molar-refractivity contribution in [2.24, 2.45) is 0 Å². The van der Waals surface area contributed by atoms with Crippen molar-refractivity contribution in [1.29, 1.82) is 0 Å². The Hall–Kier alpha value is -2.65. The van der Waals surface area contributed by atoms with Crippen LogP contribution in [0.5, 0.6) is 0 Å². The second-order valence-electron chi connectivity index (χ2n) is 6.64. The van der Waals surface area contributed by atoms with E-state index in [4.69, 9.17) is 0 Å². The molecule has 0 saturated carbocycles. The molecule has 2 nitrogen and oxygen atoms in total. The number of thiazole rings is 1. The summed E-state index contributed by atoms with van der Waals surface area (Å²) < 4.78 is 3.75. The molecule has 130 valence electrons. The first-order chi connectivity index (χ1) is 12.7. The van der Waals surface area contributed by atoms with Gasteiger partial charge < -0.3 is 5.32 Å². The summed E-state index contributed by atoms with van der Waals surface area (Å²) in [6.45, 7) is 7.41. The van der Waals surface area contributed by atoms with E-state index >= 15 is 0 Å². The lowest BCUT2D eigenvalue weighted by Crippen LogP contribution is -2.33. The zero-order valence-corrected chi connectivity index (χ0v) is 16.2. The van der Waals surface area contributed by atoms with E-state index in [2.05, 4.69) is 97.4 Å². The van der Waals surface area contributed by atoms with Crippen molar-refractivity contribution in [3.8, 4) is 0 Å². The van der Waals surface area contributed by atoms with Crippen molar-refractivity contribution < 1.29 is 4.57 Å². The van der Waals surface area contributed by atoms with E-state index < -0.39 is 0 Å². The second-order valence-corrected chi connectivity index (χ2v) is 7.70. The third kappa shape index (κ3) is 3.11. The summed E-state index contributed by atoms with van der Waals surface area (Å²) in [6, 6.07) is 21.6. The average molecular weight is 360 g/mol. The van der Waals surface area contributed by atoms with Gasteiger partial charge in [-0.05, 0) is 50.4 Å². The van der Waals surface area contributed by atoms with Gasteiger partial charge in [-0.15, -0.1) is 0 Å². The molecule has 3 aromatic carbocycles. The molecule has 1 heterocycles. The van der Waals surface area contributed by atoms with Gasteiger partial charge in [0.15, 0.2) is 0 Å². The zero-order valence-electron chi connectivity index (χ0n) is 15.4. The fourth-order valence-corrected chi connectivity index (χ4v) is 4.63. The second kappa shape index (κ2) is 6.93. The molecular weight excluding hydrogens is 336 g/mol. The van der Waals surface area contributed by atoms with Gasteiger partial charge in [-0.3, -0.25) is 0 Å². The van der Waals surface area contributed by atoms with E-state index in [9.17, 15) is 0 Å². The third-order valence-corrected chi connectivity index (χ3v) is 5.76. The number of hydrogen-bond donors (Lipinski definition) is 1. The molecule has 0 fully saturated rings. The lowest BCUT2D eigenvalue weighted by molar-refractivity contribution is -0.664. The Bertz CT molecular complexity index is 1100. The summed E-state index contributed by atoms with van der Waals surface area (Å²) in [6.07, 6.45) is 2.25. The van der Waals surface area contributed by atoms with E-state index in [1.54, 1.807) is 0 Å². The van der Waals surface area contributed by atoms with Crippen LogP contribution in [0.2, 0.25) is 0 Å². The Morgan fingerprint density at radius 1 is 1.04 bits per heavy atom. The van der Waals surface area contributed by atoms with Gasteiger partial charge in [-0.25, -0.2) is 0 Å². The molecular formula is C23H23N2S+. The molecule has 0 aliphatic heterocycles. The first-order valence-electron chi connectivity index (χ1n) is 9.02. The van der Waals surface area contributed by atoms with Crippen molar-refractivity contribution in [1.82, 2.24) is 0 Å². The Labute approximate surface area is 158 Å². The number of allylic oxidation sites excluding steroid dienone is 1. The number of nitrogens with one attached hydrogen (secondary N) is 1. The van der Waals surface area contributed by atoms with Crippen molar-refractivity contribution in [3.63, 3.8) is 0 Å². The van der Waals surface area contributed by atoms with Crippen LogP contribution < -0.4 is 9.88 Å². The smallest absolute Gasteiger partial charge is 0.264 e. The number of rotatable bonds is 4. The number of hydrogen-bond acceptors (Lipinski definition) is 2. The topological polar surface area (TPSA) is 15.9 Å². The number of aromatic nitrogens is 1. The SMILES string of the molecule is CC[n+]1c(C=C(C)Nc2ccc(C)cc2)sc2ccc3ccccc3c21. The predicted octanol–water partition coefficient (Wildman–Crippen LogP) is 6.14. The maximum absolute atomic E-state index is 3.50. The Morgan fingerprint density at radius 3 is 2.58 bits per heavy atom. The minimum Gasteiger partial charge on any atom is -0.359 e. The van der Waals surface area contributed by atoms with Crippen LogP contribution in [-0.4, -0.2) is 0 Å². The number of fused-ring (bicyclic) bond motifs is 3. The predicted molar refractivity (Wildman–Crippen MR) is 114 cm³/mol. The first kappa shape index (κ1) is 16.8. The van der Waals surface area contributed by atoms with Crippen molar-refractivity contribution in [2.45, 2.75) is 27.3 Å². The Kier molecular flexibility index (Phi) is 4.48. The van der Waals surface area contributed by atoms with Crippen LogP contribution in [0.15, 0.2) is 66.4 Å². The molecule has 4 aromatic rings. The Balaban J connectivity index is 1.78. The summed E-state index contributed by atoms with van der Waals surface area (Å²) in [4.78, 5) is 0. The van der Waals surface area contributed by atoms with E-state index in [0.29, 0.717) is 0 Å². The summed E-state index contributed by atoms with van der Waals surface area (Å²) in [5.74, 6) is 0. The molecule has 4 rings (SSSR count). The molecule has 0 spiro atoms. The molecule has 0 aliphatic rings. The summed E-state index contributed by atoms with van der Waals surface area (Å²) in [7, 11) is 0. The standard InChI is InChI=1S/C23H22N2S/c1-4-25-22(15-17(3)24-19-12-9-16(2)10-13-19)26-21-14-11-18-7-5-6-8-20(18)23(21)25/h5-15H,4H2,1-3H3/p+1. The average Bonchev–Trinajstić information content (AvgIpc) is 3.01. The summed E-state index contributed by atoms with van der Waals surface area (Å²) in [5, 5.41) is 7.40. The minimum absolute atomic E-state index is 0.956. The number of benzene rings is 3. The van der Waals surface area contributed by atoms with Crippen LogP contribution in [0.25, 0.3) is 27.1 Å². The Morgan fingerprint density at radius 2 is 1.81 bits per heavy atom. The number of anilines is 1. The summed E-state index contributed by atoms with van der Waals surface area (Å²) in [5.41, 5.74) is 4.88. The molecule has 1 aromatic heterocycles. The van der Waals surface area contributed by atoms with Gasteiger partial charge >= 0.3 is 0 Å². The van der Waals surface area contributed by atoms with E-state index in [-0.39, 0.29) is 0 Å². The number of aryl methyl sites for hydroxylation is 2. The highest BCUT2D eigenvalue weighted by atomic mass is 32.1. The van der Waals surface area contributed by atoms with E-state index in [0.717, 1.165) is 17.9 Å². The third-order valence-electron chi connectivity index (χ3n) is 4.66. The van der Waals surface area contributed by atoms with Gasteiger partial charge in [0.25, 0.3) is 5.01 Å². The van der Waals surface area contributed by atoms with Gasteiger partial charge in [0.1, 0.15) is 11.2 Å². The van der Waals surface area contributed by atoms with Gasteiger partial charge in [0, 0.05) is 17.5 Å². The first-order valence-corrected chi connectivity index (χ1v) is 9.83. The molecule has 1 N–H and O–H groups in total. The quantitative estimate of drug-likeness (QED) is 0.433. The van der Waals surface area contributed by atoms with Crippen LogP contribution in [0.1, 0.15) is 24.4 Å². The highest BCUT2D eigenvalue weighted by molar-refractivity contribution is 7.19. The molecule has 0 saturated heterocycles. The molecule has 0 amide bonds. The van der Waals surface area contributed by atoms with Crippen molar-refractivity contribution >= 4 is 44.1 Å². The zero-order chi connectivity index (χ0) is 18.1. The maximum atomic E-state index is 3.50. The lowest BCUT2D eigenvalue weighted by Gasteiger charge is -2.06. The van der Waals surface area contributed by atoms with Crippen molar-refractivity contribution in [2.75, 3.05) is 5.32 Å². The maximum Gasteiger partial charge on any atom is 0.264 e. The molecule has 0 aliphatic carbocycles. The van der Waals surface area contributed by atoms with Gasteiger partial charge in [0.05, 0.1) is 5.39 Å². The van der Waals surface area contributed by atoms with Crippen LogP contribution in [0.4, 0.5) is 5.69 Å². The van der Waals surface area contributed by atoms with Crippen LogP contribution >= 0.6 is 11.3 Å². The van der Waals surface area contributed by atoms with Gasteiger partial charge in [-0.2, -0.15) is 4.57 Å². The van der Waals surface area contributed by atoms with Crippen LogP contribution in [0, 0.1) is 6.92 Å². The highest BCUT2D eigenvalue weighted by Gasteiger charge is 2.20. The normalized spacial score (nSPS) is 12.0. The molecule has 3 heteroatoms.